The highest BCUT2D eigenvalue weighted by atomic mass is 16.4. The Morgan fingerprint density at radius 2 is 2.33 bits per heavy atom. The van der Waals surface area contributed by atoms with Gasteiger partial charge < -0.3 is 10.0 Å². The van der Waals surface area contributed by atoms with E-state index in [-0.39, 0.29) is 0 Å². The maximum Gasteiger partial charge on any atom is 0.329 e. The minimum Gasteiger partial charge on any atom is -0.478 e. The van der Waals surface area contributed by atoms with Crippen LogP contribution in [0.2, 0.25) is 0 Å². The molecular formula is C9H15NO2. The highest BCUT2D eigenvalue weighted by Crippen LogP contribution is 2.26. The lowest BCUT2D eigenvalue weighted by molar-refractivity contribution is -0.131. The Morgan fingerprint density at radius 1 is 1.67 bits per heavy atom. The molecule has 0 aromatic rings. The van der Waals surface area contributed by atoms with E-state index in [2.05, 4.69) is 11.8 Å². The van der Waals surface area contributed by atoms with Crippen LogP contribution in [0.1, 0.15) is 26.2 Å². The van der Waals surface area contributed by atoms with E-state index in [1.807, 2.05) is 0 Å². The van der Waals surface area contributed by atoms with Gasteiger partial charge in [0.1, 0.15) is 0 Å². The fourth-order valence-electron chi connectivity index (χ4n) is 1.20. The van der Waals surface area contributed by atoms with E-state index in [1.165, 1.54) is 18.9 Å². The van der Waals surface area contributed by atoms with Gasteiger partial charge in [-0.05, 0) is 19.3 Å². The molecule has 0 spiro atoms. The number of carboxylic acids is 1. The molecule has 1 fully saturated rings. The number of aliphatic carboxylic acids is 1. The summed E-state index contributed by atoms with van der Waals surface area (Å²) >= 11 is 0. The SMILES string of the molecule is CCCN(C=CC(=O)O)C1CC1. The van der Waals surface area contributed by atoms with Gasteiger partial charge in [-0.1, -0.05) is 6.92 Å². The van der Waals surface area contributed by atoms with E-state index in [0.29, 0.717) is 6.04 Å². The van der Waals surface area contributed by atoms with Crippen molar-refractivity contribution in [2.24, 2.45) is 0 Å². The van der Waals surface area contributed by atoms with E-state index in [9.17, 15) is 4.79 Å². The molecule has 1 aliphatic carbocycles. The van der Waals surface area contributed by atoms with E-state index in [0.717, 1.165) is 13.0 Å². The van der Waals surface area contributed by atoms with Gasteiger partial charge in [-0.2, -0.15) is 0 Å². The molecular weight excluding hydrogens is 154 g/mol. The zero-order valence-corrected chi connectivity index (χ0v) is 7.36. The smallest absolute Gasteiger partial charge is 0.329 e. The van der Waals surface area contributed by atoms with Crippen LogP contribution in [0.5, 0.6) is 0 Å². The first-order valence-corrected chi connectivity index (χ1v) is 4.41. The first kappa shape index (κ1) is 9.10. The zero-order valence-electron chi connectivity index (χ0n) is 7.36. The molecule has 1 N–H and O–H groups in total. The summed E-state index contributed by atoms with van der Waals surface area (Å²) in [5.74, 6) is -0.864. The molecule has 3 nitrogen and oxygen atoms in total. The first-order valence-electron chi connectivity index (χ1n) is 4.41. The normalized spacial score (nSPS) is 16.8. The Morgan fingerprint density at radius 3 is 2.75 bits per heavy atom. The lowest BCUT2D eigenvalue weighted by Gasteiger charge is -2.17. The number of carbonyl (C=O) groups is 1. The molecule has 0 heterocycles. The number of hydrogen-bond acceptors (Lipinski definition) is 2. The molecule has 0 aromatic heterocycles. The van der Waals surface area contributed by atoms with Crippen molar-refractivity contribution < 1.29 is 9.90 Å². The highest BCUT2D eigenvalue weighted by Gasteiger charge is 2.25. The second-order valence-corrected chi connectivity index (χ2v) is 3.12. The van der Waals surface area contributed by atoms with Crippen molar-refractivity contribution in [3.63, 3.8) is 0 Å². The van der Waals surface area contributed by atoms with Crippen LogP contribution in [0.25, 0.3) is 0 Å². The monoisotopic (exact) mass is 169 g/mol. The molecule has 0 unspecified atom stereocenters. The van der Waals surface area contributed by atoms with Gasteiger partial charge in [-0.25, -0.2) is 4.79 Å². The van der Waals surface area contributed by atoms with Crippen molar-refractivity contribution in [2.75, 3.05) is 6.54 Å². The lowest BCUT2D eigenvalue weighted by Crippen LogP contribution is -2.20. The van der Waals surface area contributed by atoms with E-state index in [1.54, 1.807) is 6.20 Å². The van der Waals surface area contributed by atoms with Crippen molar-refractivity contribution >= 4 is 5.97 Å². The Bertz CT molecular complexity index is 185. The zero-order chi connectivity index (χ0) is 8.97. The van der Waals surface area contributed by atoms with Crippen molar-refractivity contribution in [3.8, 4) is 0 Å². The first-order chi connectivity index (χ1) is 5.74. The van der Waals surface area contributed by atoms with Crippen LogP contribution in [0.3, 0.4) is 0 Å². The summed E-state index contributed by atoms with van der Waals surface area (Å²) in [6.45, 7) is 3.07. The second-order valence-electron chi connectivity index (χ2n) is 3.12. The van der Waals surface area contributed by atoms with E-state index in [4.69, 9.17) is 5.11 Å². The highest BCUT2D eigenvalue weighted by molar-refractivity contribution is 5.79. The molecule has 0 atom stereocenters. The summed E-state index contributed by atoms with van der Waals surface area (Å²) < 4.78 is 0. The van der Waals surface area contributed by atoms with Gasteiger partial charge in [-0.3, -0.25) is 0 Å². The van der Waals surface area contributed by atoms with Gasteiger partial charge in [-0.15, -0.1) is 0 Å². The van der Waals surface area contributed by atoms with Crippen LogP contribution in [-0.2, 0) is 4.79 Å². The Hall–Kier alpha value is -0.990. The summed E-state index contributed by atoms with van der Waals surface area (Å²) in [6.07, 6.45) is 6.41. The van der Waals surface area contributed by atoms with Gasteiger partial charge in [0.2, 0.25) is 0 Å². The number of rotatable bonds is 5. The van der Waals surface area contributed by atoms with Crippen LogP contribution in [0.15, 0.2) is 12.3 Å². The molecule has 68 valence electrons. The van der Waals surface area contributed by atoms with Crippen LogP contribution >= 0.6 is 0 Å². The molecule has 1 saturated carbocycles. The topological polar surface area (TPSA) is 40.5 Å². The minimum atomic E-state index is -0.864. The summed E-state index contributed by atoms with van der Waals surface area (Å²) in [6, 6.07) is 0.612. The van der Waals surface area contributed by atoms with Crippen molar-refractivity contribution in [2.45, 2.75) is 32.2 Å². The molecule has 12 heavy (non-hydrogen) atoms. The summed E-state index contributed by atoms with van der Waals surface area (Å²) in [5, 5.41) is 8.42. The summed E-state index contributed by atoms with van der Waals surface area (Å²) in [5.41, 5.74) is 0. The van der Waals surface area contributed by atoms with Crippen molar-refractivity contribution in [3.05, 3.63) is 12.3 Å². The average molecular weight is 169 g/mol. The quantitative estimate of drug-likeness (QED) is 0.633. The van der Waals surface area contributed by atoms with Crippen LogP contribution in [-0.4, -0.2) is 28.6 Å². The van der Waals surface area contributed by atoms with Gasteiger partial charge in [0.25, 0.3) is 0 Å². The average Bonchev–Trinajstić information content (AvgIpc) is 2.79. The Kier molecular flexibility index (Phi) is 3.14. The standard InChI is InChI=1S/C9H15NO2/c1-2-6-10(8-3-4-8)7-5-9(11)12/h5,7-8H,2-4,6H2,1H3,(H,11,12). The largest absolute Gasteiger partial charge is 0.478 e. The maximum absolute atomic E-state index is 10.2. The molecule has 3 heteroatoms. The van der Waals surface area contributed by atoms with Crippen LogP contribution in [0, 0.1) is 0 Å². The predicted molar refractivity (Wildman–Crippen MR) is 46.8 cm³/mol. The van der Waals surface area contributed by atoms with Gasteiger partial charge >= 0.3 is 5.97 Å². The molecule has 0 aliphatic heterocycles. The van der Waals surface area contributed by atoms with Crippen LogP contribution < -0.4 is 0 Å². The predicted octanol–water partition coefficient (Wildman–Crippen LogP) is 1.46. The fourth-order valence-corrected chi connectivity index (χ4v) is 1.20. The van der Waals surface area contributed by atoms with Gasteiger partial charge in [0.15, 0.2) is 0 Å². The van der Waals surface area contributed by atoms with Crippen molar-refractivity contribution in [1.29, 1.82) is 0 Å². The number of nitrogens with zero attached hydrogens (tertiary/aromatic N) is 1. The van der Waals surface area contributed by atoms with E-state index < -0.39 is 5.97 Å². The molecule has 0 saturated heterocycles. The Labute approximate surface area is 72.7 Å². The van der Waals surface area contributed by atoms with Gasteiger partial charge in [0.05, 0.1) is 0 Å². The molecule has 0 bridgehead atoms. The molecule has 0 amide bonds. The fraction of sp³-hybridized carbons (Fsp3) is 0.667. The van der Waals surface area contributed by atoms with Gasteiger partial charge in [0, 0.05) is 24.9 Å². The summed E-state index contributed by atoms with van der Waals surface area (Å²) in [7, 11) is 0. The molecule has 1 rings (SSSR count). The van der Waals surface area contributed by atoms with Crippen molar-refractivity contribution in [1.82, 2.24) is 4.90 Å². The maximum atomic E-state index is 10.2. The number of hydrogen-bond donors (Lipinski definition) is 1. The number of carboxylic acid groups (broad SMARTS) is 1. The minimum absolute atomic E-state index is 0.612. The third-order valence-corrected chi connectivity index (χ3v) is 1.91. The third-order valence-electron chi connectivity index (χ3n) is 1.91. The lowest BCUT2D eigenvalue weighted by atomic mass is 10.4. The summed E-state index contributed by atoms with van der Waals surface area (Å²) in [4.78, 5) is 12.4. The third kappa shape index (κ3) is 2.95. The van der Waals surface area contributed by atoms with E-state index >= 15 is 0 Å². The molecule has 0 aromatic carbocycles. The van der Waals surface area contributed by atoms with Crippen LogP contribution in [0.4, 0.5) is 0 Å². The molecule has 1 aliphatic rings. The second kappa shape index (κ2) is 4.14. The molecule has 0 radical (unpaired) electrons. The Balaban J connectivity index is 2.36.